The lowest BCUT2D eigenvalue weighted by Crippen LogP contribution is -2.53. The predicted molar refractivity (Wildman–Crippen MR) is 104 cm³/mol. The van der Waals surface area contributed by atoms with Crippen LogP contribution in [-0.4, -0.2) is 29.3 Å². The first-order valence-electron chi connectivity index (χ1n) is 9.20. The Bertz CT molecular complexity index is 930. The van der Waals surface area contributed by atoms with Crippen molar-refractivity contribution in [3.63, 3.8) is 0 Å². The van der Waals surface area contributed by atoms with E-state index in [1.807, 2.05) is 37.3 Å². The number of hydrazine groups is 1. The average molecular weight is 422 g/mol. The van der Waals surface area contributed by atoms with Crippen molar-refractivity contribution in [2.24, 2.45) is 0 Å². The summed E-state index contributed by atoms with van der Waals surface area (Å²) < 4.78 is 41.4. The smallest absolute Gasteiger partial charge is 0.366 e. The number of carbonyl (C=O) groups excluding carboxylic acids is 1. The van der Waals surface area contributed by atoms with Crippen molar-refractivity contribution in [2.45, 2.75) is 37.1 Å². The summed E-state index contributed by atoms with van der Waals surface area (Å²) in [5.74, 6) is -1.70. The lowest BCUT2D eigenvalue weighted by Gasteiger charge is -2.35. The number of hydrogen-bond acceptors (Lipinski definition) is 3. The number of hydrogen-bond donors (Lipinski definition) is 2. The van der Waals surface area contributed by atoms with Crippen LogP contribution in [0.25, 0.3) is 0 Å². The molecule has 8 heteroatoms. The Morgan fingerprint density at radius 2 is 1.72 bits per heavy atom. The molecule has 0 radical (unpaired) electrons. The molecule has 2 aromatic carbocycles. The third kappa shape index (κ3) is 3.72. The average Bonchev–Trinajstić information content (AvgIpc) is 3.09. The molecule has 2 aromatic rings. The Labute approximate surface area is 171 Å². The molecule has 0 aliphatic carbocycles. The van der Waals surface area contributed by atoms with E-state index >= 15 is 0 Å². The van der Waals surface area contributed by atoms with Crippen LogP contribution in [0.2, 0.25) is 5.02 Å². The highest BCUT2D eigenvalue weighted by Crippen LogP contribution is 2.41. The molecule has 29 heavy (non-hydrogen) atoms. The van der Waals surface area contributed by atoms with E-state index in [9.17, 15) is 18.0 Å². The van der Waals surface area contributed by atoms with Crippen LogP contribution in [-0.2, 0) is 4.79 Å². The van der Waals surface area contributed by atoms with Gasteiger partial charge in [-0.05, 0) is 23.3 Å². The molecule has 2 heterocycles. The van der Waals surface area contributed by atoms with Crippen LogP contribution in [0.4, 0.5) is 13.2 Å². The summed E-state index contributed by atoms with van der Waals surface area (Å²) in [5.41, 5.74) is 4.37. The largest absolute Gasteiger partial charge is 0.406 e. The molecule has 2 aliphatic heterocycles. The number of benzene rings is 2. The Morgan fingerprint density at radius 1 is 1.07 bits per heavy atom. The fraction of sp³-hybridized carbons (Fsp3) is 0.286. The summed E-state index contributed by atoms with van der Waals surface area (Å²) >= 11 is 5.91. The van der Waals surface area contributed by atoms with Crippen LogP contribution in [0.3, 0.4) is 0 Å². The quantitative estimate of drug-likeness (QED) is 0.776. The van der Waals surface area contributed by atoms with Crippen LogP contribution in [0, 0.1) is 0 Å². The summed E-state index contributed by atoms with van der Waals surface area (Å²) in [5, 5.41) is 4.66. The molecule has 152 valence electrons. The van der Waals surface area contributed by atoms with Crippen molar-refractivity contribution in [3.05, 3.63) is 82.5 Å². The van der Waals surface area contributed by atoms with E-state index in [-0.39, 0.29) is 5.92 Å². The molecular weight excluding hydrogens is 403 g/mol. The summed E-state index contributed by atoms with van der Waals surface area (Å²) in [7, 11) is 0. The Balaban J connectivity index is 1.70. The van der Waals surface area contributed by atoms with Gasteiger partial charge in [-0.1, -0.05) is 61.0 Å². The van der Waals surface area contributed by atoms with E-state index in [0.717, 1.165) is 10.6 Å². The third-order valence-corrected chi connectivity index (χ3v) is 5.71. The zero-order valence-electron chi connectivity index (χ0n) is 15.5. The maximum Gasteiger partial charge on any atom is 0.406 e. The second-order valence-electron chi connectivity index (χ2n) is 7.26. The highest BCUT2D eigenvalue weighted by Gasteiger charge is 2.57. The van der Waals surface area contributed by atoms with Crippen molar-refractivity contribution in [2.75, 3.05) is 0 Å². The molecule has 1 fully saturated rings. The molecule has 4 unspecified atom stereocenters. The standard InChI is InChI=1S/C21H19ClF3N3O/c1-12(13-5-3-2-4-6-13)16-11-17(29)28-20(26-16)18(19(27-28)21(23,24)25)14-7-9-15(22)10-8-14/h2-12,18-20,26-27H,1H3. The molecule has 0 bridgehead atoms. The molecule has 0 saturated carbocycles. The molecule has 0 aromatic heterocycles. The van der Waals surface area contributed by atoms with E-state index in [0.29, 0.717) is 16.3 Å². The maximum atomic E-state index is 13.8. The number of fused-ring (bicyclic) bond motifs is 1. The predicted octanol–water partition coefficient (Wildman–Crippen LogP) is 4.32. The molecule has 4 nitrogen and oxygen atoms in total. The lowest BCUT2D eigenvalue weighted by atomic mass is 9.88. The highest BCUT2D eigenvalue weighted by molar-refractivity contribution is 6.30. The fourth-order valence-electron chi connectivity index (χ4n) is 3.93. The van der Waals surface area contributed by atoms with Crippen LogP contribution >= 0.6 is 11.6 Å². The minimum Gasteiger partial charge on any atom is -0.366 e. The van der Waals surface area contributed by atoms with Crippen molar-refractivity contribution in [3.8, 4) is 0 Å². The first-order valence-corrected chi connectivity index (χ1v) is 9.58. The summed E-state index contributed by atoms with van der Waals surface area (Å²) in [6.07, 6.45) is -4.05. The molecular formula is C21H19ClF3N3O. The van der Waals surface area contributed by atoms with Gasteiger partial charge >= 0.3 is 6.18 Å². The van der Waals surface area contributed by atoms with Gasteiger partial charge in [0.25, 0.3) is 5.91 Å². The molecule has 2 aliphatic rings. The summed E-state index contributed by atoms with van der Waals surface area (Å²) in [6.45, 7) is 1.91. The van der Waals surface area contributed by atoms with Crippen LogP contribution in [0.15, 0.2) is 66.4 Å². The maximum absolute atomic E-state index is 13.8. The number of halogens is 4. The van der Waals surface area contributed by atoms with Gasteiger partial charge in [-0.2, -0.15) is 13.2 Å². The number of carbonyl (C=O) groups is 1. The van der Waals surface area contributed by atoms with Gasteiger partial charge in [0.05, 0.1) is 5.92 Å². The molecule has 4 atom stereocenters. The molecule has 1 saturated heterocycles. The Morgan fingerprint density at radius 3 is 2.34 bits per heavy atom. The zero-order chi connectivity index (χ0) is 20.8. The van der Waals surface area contributed by atoms with Gasteiger partial charge < -0.3 is 5.32 Å². The van der Waals surface area contributed by atoms with Gasteiger partial charge in [-0.3, -0.25) is 9.80 Å². The van der Waals surface area contributed by atoms with Crippen molar-refractivity contribution >= 4 is 17.5 Å². The number of amides is 1. The second-order valence-corrected chi connectivity index (χ2v) is 7.69. The van der Waals surface area contributed by atoms with Crippen LogP contribution < -0.4 is 10.7 Å². The van der Waals surface area contributed by atoms with Gasteiger partial charge in [-0.25, -0.2) is 5.43 Å². The number of nitrogens with zero attached hydrogens (tertiary/aromatic N) is 1. The van der Waals surface area contributed by atoms with Crippen molar-refractivity contribution in [1.82, 2.24) is 15.8 Å². The number of allylic oxidation sites excluding steroid dienone is 1. The van der Waals surface area contributed by atoms with Gasteiger partial charge in [0.1, 0.15) is 12.2 Å². The first kappa shape index (κ1) is 19.8. The normalized spacial score (nSPS) is 25.3. The molecule has 2 N–H and O–H groups in total. The minimum atomic E-state index is -4.53. The topological polar surface area (TPSA) is 44.4 Å². The van der Waals surface area contributed by atoms with Crippen LogP contribution in [0.5, 0.6) is 0 Å². The monoisotopic (exact) mass is 421 g/mol. The Kier molecular flexibility index (Phi) is 5.04. The SMILES string of the molecule is CC(C1=CC(=O)N2NC(C(F)(F)F)C(c3ccc(Cl)cc3)C2N1)c1ccccc1. The van der Waals surface area contributed by atoms with Gasteiger partial charge in [0, 0.05) is 22.7 Å². The van der Waals surface area contributed by atoms with E-state index in [1.54, 1.807) is 24.3 Å². The van der Waals surface area contributed by atoms with Crippen molar-refractivity contribution in [1.29, 1.82) is 0 Å². The molecule has 1 amide bonds. The lowest BCUT2D eigenvalue weighted by molar-refractivity contribution is -0.161. The van der Waals surface area contributed by atoms with E-state index in [1.165, 1.54) is 6.08 Å². The van der Waals surface area contributed by atoms with E-state index < -0.39 is 30.2 Å². The number of nitrogens with one attached hydrogen (secondary N) is 2. The zero-order valence-corrected chi connectivity index (χ0v) is 16.2. The van der Waals surface area contributed by atoms with Crippen molar-refractivity contribution < 1.29 is 18.0 Å². The van der Waals surface area contributed by atoms with Gasteiger partial charge in [0.2, 0.25) is 0 Å². The Hall–Kier alpha value is -2.51. The number of alkyl halides is 3. The second kappa shape index (κ2) is 7.39. The summed E-state index contributed by atoms with van der Waals surface area (Å²) in [4.78, 5) is 12.7. The fourth-order valence-corrected chi connectivity index (χ4v) is 4.06. The summed E-state index contributed by atoms with van der Waals surface area (Å²) in [6, 6.07) is 13.9. The van der Waals surface area contributed by atoms with E-state index in [2.05, 4.69) is 10.7 Å². The number of rotatable bonds is 3. The molecule has 0 spiro atoms. The van der Waals surface area contributed by atoms with Gasteiger partial charge in [0.15, 0.2) is 0 Å². The highest BCUT2D eigenvalue weighted by atomic mass is 35.5. The minimum absolute atomic E-state index is 0.168. The third-order valence-electron chi connectivity index (χ3n) is 5.46. The van der Waals surface area contributed by atoms with E-state index in [4.69, 9.17) is 11.6 Å². The van der Waals surface area contributed by atoms with Gasteiger partial charge in [-0.15, -0.1) is 0 Å². The van der Waals surface area contributed by atoms with Crippen LogP contribution in [0.1, 0.15) is 29.9 Å². The first-order chi connectivity index (χ1) is 13.8. The molecule has 4 rings (SSSR count).